The fourth-order valence-electron chi connectivity index (χ4n) is 13.5. The first-order chi connectivity index (χ1) is 50.7. The number of aromatic nitrogens is 10. The molecule has 6 heterocycles. The summed E-state index contributed by atoms with van der Waals surface area (Å²) in [5, 5.41) is 9.01. The minimum Gasteiger partial charge on any atom is -0.260 e. The summed E-state index contributed by atoms with van der Waals surface area (Å²) in [7, 11) is 0. The highest BCUT2D eigenvalue weighted by Gasteiger charge is 2.34. The van der Waals surface area contributed by atoms with E-state index in [4.69, 9.17) is 19.9 Å². The lowest BCUT2D eigenvalue weighted by Gasteiger charge is -2.29. The molecule has 0 saturated heterocycles. The van der Waals surface area contributed by atoms with Crippen LogP contribution < -0.4 is 0 Å². The Labute approximate surface area is 668 Å². The summed E-state index contributed by atoms with van der Waals surface area (Å²) in [5.74, 6) is 1.98. The zero-order valence-corrected chi connectivity index (χ0v) is 77.5. The Bertz CT molecular complexity index is 2510. The molecule has 0 aliphatic rings. The maximum absolute atomic E-state index is 4.75. The van der Waals surface area contributed by atoms with Crippen molar-refractivity contribution in [1.29, 1.82) is 0 Å². The van der Waals surface area contributed by atoms with Gasteiger partial charge in [-0.25, -0.2) is 19.9 Å². The van der Waals surface area contributed by atoms with E-state index in [1.54, 1.807) is 0 Å². The summed E-state index contributed by atoms with van der Waals surface area (Å²) in [5.41, 5.74) is 14.7. The molecule has 0 radical (unpaired) electrons. The third-order valence-corrected chi connectivity index (χ3v) is 30.5. The smallest absolute Gasteiger partial charge is 0.134 e. The highest BCUT2D eigenvalue weighted by atomic mass is 15.1. The first kappa shape index (κ1) is 101. The molecule has 612 valence electrons. The number of pyridine rings is 2. The van der Waals surface area contributed by atoms with E-state index >= 15 is 0 Å². The average molecular weight is 1490 g/mol. The molecule has 0 aromatic carbocycles. The average Bonchev–Trinajstić information content (AvgIpc) is 0.837. The van der Waals surface area contributed by atoms with Crippen LogP contribution in [0.3, 0.4) is 0 Å². The summed E-state index contributed by atoms with van der Waals surface area (Å²) in [6, 6.07) is 13.4. The van der Waals surface area contributed by atoms with Crippen LogP contribution in [0.1, 0.15) is 471 Å². The molecule has 10 heteroatoms. The third-order valence-electron chi connectivity index (χ3n) is 30.5. The van der Waals surface area contributed by atoms with Gasteiger partial charge in [0.05, 0.1) is 22.8 Å². The summed E-state index contributed by atoms with van der Waals surface area (Å²) in [6.45, 7) is 81.1. The zero-order chi connectivity index (χ0) is 82.9. The first-order valence-corrected chi connectivity index (χ1v) is 44.0. The second-order valence-electron chi connectivity index (χ2n) is 35.3. The van der Waals surface area contributed by atoms with Crippen LogP contribution in [0.5, 0.6) is 0 Å². The van der Waals surface area contributed by atoms with Gasteiger partial charge in [0, 0.05) is 104 Å². The monoisotopic (exact) mass is 1490 g/mol. The Morgan fingerprint density at radius 2 is 0.315 bits per heavy atom. The van der Waals surface area contributed by atoms with E-state index in [0.29, 0.717) is 0 Å². The van der Waals surface area contributed by atoms with Gasteiger partial charge < -0.3 is 0 Å². The lowest BCUT2D eigenvalue weighted by molar-refractivity contribution is 0.401. The van der Waals surface area contributed by atoms with Crippen molar-refractivity contribution in [3.8, 4) is 0 Å². The van der Waals surface area contributed by atoms with Gasteiger partial charge in [-0.2, -0.15) is 10.2 Å². The van der Waals surface area contributed by atoms with Crippen molar-refractivity contribution in [3.63, 3.8) is 0 Å². The van der Waals surface area contributed by atoms with E-state index in [1.165, 1.54) is 59.3 Å². The minimum atomic E-state index is 0.118. The van der Waals surface area contributed by atoms with E-state index in [2.05, 4.69) is 328 Å². The van der Waals surface area contributed by atoms with E-state index in [0.717, 1.165) is 163 Å². The molecule has 0 saturated carbocycles. The molecule has 6 aromatic rings. The van der Waals surface area contributed by atoms with Gasteiger partial charge >= 0.3 is 0 Å². The van der Waals surface area contributed by atoms with Crippen LogP contribution in [-0.4, -0.2) is 50.1 Å². The Kier molecular flexibility index (Phi) is 42.3. The van der Waals surface area contributed by atoms with Crippen LogP contribution >= 0.6 is 0 Å². The normalized spacial score (nSPS) is 12.8. The van der Waals surface area contributed by atoms with Crippen molar-refractivity contribution in [2.24, 2.45) is 0 Å². The van der Waals surface area contributed by atoms with Crippen LogP contribution in [0.15, 0.2) is 86.0 Å². The van der Waals surface area contributed by atoms with Crippen molar-refractivity contribution in [3.05, 3.63) is 154 Å². The summed E-state index contributed by atoms with van der Waals surface area (Å²) < 4.78 is 0. The van der Waals surface area contributed by atoms with E-state index in [1.807, 2.05) is 37.2 Å². The molecule has 0 N–H and O–H groups in total. The molecule has 6 aromatic heterocycles. The molecule has 0 amide bonds. The van der Waals surface area contributed by atoms with Crippen LogP contribution in [0.4, 0.5) is 0 Å². The number of rotatable bonds is 36. The summed E-state index contributed by atoms with van der Waals surface area (Å²) >= 11 is 0. The molecule has 10 nitrogen and oxygen atoms in total. The van der Waals surface area contributed by atoms with Gasteiger partial charge in [-0.05, 0) is 222 Å². The highest BCUT2D eigenvalue weighted by Crippen LogP contribution is 2.40. The van der Waals surface area contributed by atoms with Gasteiger partial charge in [0.2, 0.25) is 0 Å². The summed E-state index contributed by atoms with van der Waals surface area (Å²) in [4.78, 5) is 37.5. The van der Waals surface area contributed by atoms with Crippen molar-refractivity contribution in [2.45, 2.75) is 468 Å². The summed E-state index contributed by atoms with van der Waals surface area (Å²) in [6.07, 6.45) is 43.3. The third kappa shape index (κ3) is 25.3. The Hall–Kier alpha value is -5.38. The van der Waals surface area contributed by atoms with Crippen LogP contribution in [-0.2, 0) is 65.0 Å². The molecule has 6 rings (SSSR count). The molecule has 0 bridgehead atoms. The van der Waals surface area contributed by atoms with Crippen molar-refractivity contribution in [2.75, 3.05) is 0 Å². The Morgan fingerprint density at radius 1 is 0.157 bits per heavy atom. The van der Waals surface area contributed by atoms with Crippen molar-refractivity contribution < 1.29 is 0 Å². The molecule has 0 aliphatic carbocycles. The lowest BCUT2D eigenvalue weighted by Crippen LogP contribution is -2.25. The molecule has 0 unspecified atom stereocenters. The van der Waals surface area contributed by atoms with Gasteiger partial charge in [-0.15, -0.1) is 0 Å². The van der Waals surface area contributed by atoms with Crippen molar-refractivity contribution >= 4 is 0 Å². The molecule has 108 heavy (non-hydrogen) atoms. The molecular weight excluding hydrogens is 1320 g/mol. The number of hydrogen-bond acceptors (Lipinski definition) is 10. The predicted octanol–water partition coefficient (Wildman–Crippen LogP) is 29.0. The standard InChI is InChI=1S/2C17H29N.4C16H28N2/c2*1-7-16(5,8-2)14-11-12-15(18-13-14)17(6,9-3)10-4;1-7-15(5,8-2)13-11-18-14(12-17-13)16(6,9-3)10-4;2*1-7-15(5,8-2)13-11-17-14(18-12-13)16(6,9-3)10-4;1-7-15(5,8-2)13-11-12-14(18-17-13)16(6,9-3)10-4/h2*11-13H,7-10H2,1-6H3;4*11-12H,7-10H2,1-6H3. The quantitative estimate of drug-likeness (QED) is 0.0375. The Morgan fingerprint density at radius 3 is 0.481 bits per heavy atom. The molecule has 0 spiro atoms. The van der Waals surface area contributed by atoms with Gasteiger partial charge in [0.1, 0.15) is 11.6 Å². The van der Waals surface area contributed by atoms with Crippen LogP contribution in [0.2, 0.25) is 0 Å². The van der Waals surface area contributed by atoms with E-state index in [9.17, 15) is 0 Å². The van der Waals surface area contributed by atoms with E-state index in [-0.39, 0.29) is 65.0 Å². The Balaban J connectivity index is 0.000000648. The molecule has 0 fully saturated rings. The fraction of sp³-hybridized carbons (Fsp3) is 0.735. The fourth-order valence-corrected chi connectivity index (χ4v) is 13.5. The van der Waals surface area contributed by atoms with Crippen LogP contribution in [0.25, 0.3) is 0 Å². The van der Waals surface area contributed by atoms with E-state index < -0.39 is 0 Å². The second kappa shape index (κ2) is 45.4. The lowest BCUT2D eigenvalue weighted by atomic mass is 9.77. The van der Waals surface area contributed by atoms with Gasteiger partial charge in [0.15, 0.2) is 0 Å². The maximum atomic E-state index is 4.75. The van der Waals surface area contributed by atoms with Crippen molar-refractivity contribution in [1.82, 2.24) is 50.1 Å². The minimum absolute atomic E-state index is 0.118. The largest absolute Gasteiger partial charge is 0.260 e. The number of hydrogen-bond donors (Lipinski definition) is 0. The van der Waals surface area contributed by atoms with Gasteiger partial charge in [0.25, 0.3) is 0 Å². The second-order valence-corrected chi connectivity index (χ2v) is 35.3. The number of nitrogens with zero attached hydrogens (tertiary/aromatic N) is 10. The van der Waals surface area contributed by atoms with Gasteiger partial charge in [-0.1, -0.05) is 261 Å². The molecule has 0 aliphatic heterocycles. The SMILES string of the molecule is CCC(C)(CC)c1ccc(C(C)(CC)CC)nc1.CCC(C)(CC)c1ccc(C(C)(CC)CC)nc1.CCC(C)(CC)c1ccc(C(C)(CC)CC)nn1.CCC(C)(CC)c1cnc(C(C)(CC)CC)cn1.CCC(C)(CC)c1cnc(C(C)(CC)CC)nc1.CCC(C)(CC)c1cnc(C(C)(CC)CC)nc1. The first-order valence-electron chi connectivity index (χ1n) is 44.0. The molecule has 0 atom stereocenters. The predicted molar refractivity (Wildman–Crippen MR) is 472 cm³/mol. The van der Waals surface area contributed by atoms with Gasteiger partial charge in [-0.3, -0.25) is 19.9 Å². The van der Waals surface area contributed by atoms with Crippen LogP contribution in [0, 0.1) is 0 Å². The zero-order valence-electron chi connectivity index (χ0n) is 77.5. The highest BCUT2D eigenvalue weighted by molar-refractivity contribution is 5.29. The molecular formula is C98H170N10. The maximum Gasteiger partial charge on any atom is 0.134 e. The topological polar surface area (TPSA) is 129 Å².